The number of carbonyl (C=O) groups is 2. The minimum atomic E-state index is -0.667. The van der Waals surface area contributed by atoms with Crippen LogP contribution in [0.3, 0.4) is 0 Å². The number of pyridine rings is 1. The molecule has 1 aliphatic heterocycles. The molecule has 9 heteroatoms. The van der Waals surface area contributed by atoms with Gasteiger partial charge in [0.15, 0.2) is 5.65 Å². The Morgan fingerprint density at radius 2 is 1.81 bits per heavy atom. The third-order valence-electron chi connectivity index (χ3n) is 4.50. The summed E-state index contributed by atoms with van der Waals surface area (Å²) in [5.74, 6) is -1.21. The lowest BCUT2D eigenvalue weighted by Gasteiger charge is -2.35. The Bertz CT molecular complexity index is 979. The second kappa shape index (κ2) is 7.24. The number of aromatic nitrogens is 3. The number of rotatable bonds is 2. The topological polar surface area (TPSA) is 94.2 Å². The van der Waals surface area contributed by atoms with Crippen molar-refractivity contribution in [1.29, 1.82) is 0 Å². The molecule has 1 aliphatic rings. The molecule has 1 saturated heterocycles. The first-order valence-electron chi connectivity index (χ1n) is 8.50. The van der Waals surface area contributed by atoms with E-state index >= 15 is 0 Å². The third kappa shape index (κ3) is 3.70. The highest BCUT2D eigenvalue weighted by Gasteiger charge is 2.26. The van der Waals surface area contributed by atoms with Crippen LogP contribution in [0.2, 0.25) is 5.02 Å². The Labute approximate surface area is 160 Å². The summed E-state index contributed by atoms with van der Waals surface area (Å²) in [7, 11) is 0. The lowest BCUT2D eigenvalue weighted by Crippen LogP contribution is -2.51. The van der Waals surface area contributed by atoms with E-state index < -0.39 is 11.8 Å². The van der Waals surface area contributed by atoms with Crippen LogP contribution in [0.15, 0.2) is 42.7 Å². The Balaban J connectivity index is 1.35. The molecule has 8 nitrogen and oxygen atoms in total. The summed E-state index contributed by atoms with van der Waals surface area (Å²) in [6.07, 6.45) is 3.10. The molecule has 0 radical (unpaired) electrons. The molecular weight excluding hydrogens is 368 g/mol. The molecule has 4 rings (SSSR count). The molecule has 0 aliphatic carbocycles. The van der Waals surface area contributed by atoms with E-state index in [4.69, 9.17) is 11.6 Å². The number of nitrogens with one attached hydrogen (secondary N) is 2. The Kier molecular flexibility index (Phi) is 4.64. The first-order valence-corrected chi connectivity index (χ1v) is 8.88. The fraction of sp³-hybridized carbons (Fsp3) is 0.222. The van der Waals surface area contributed by atoms with Crippen LogP contribution in [0, 0.1) is 0 Å². The number of amides is 2. The van der Waals surface area contributed by atoms with Crippen molar-refractivity contribution in [3.05, 3.63) is 47.7 Å². The standard InChI is InChI=1S/C18H17ClN6O2/c19-13-1-3-15(4-2-13)24-5-7-25(8-6-24)18(27)17(26)22-14-9-12-10-21-23-16(12)20-11-14/h1-4,9-11H,5-8H2,(H,22,26)(H,20,21,23). The van der Waals surface area contributed by atoms with Crippen molar-refractivity contribution in [1.82, 2.24) is 20.1 Å². The number of H-pyrrole nitrogens is 1. The van der Waals surface area contributed by atoms with Crippen LogP contribution in [0.25, 0.3) is 11.0 Å². The van der Waals surface area contributed by atoms with Gasteiger partial charge in [-0.05, 0) is 30.3 Å². The van der Waals surface area contributed by atoms with E-state index in [1.165, 1.54) is 6.20 Å². The molecule has 2 N–H and O–H groups in total. The van der Waals surface area contributed by atoms with E-state index in [0.29, 0.717) is 42.5 Å². The van der Waals surface area contributed by atoms with E-state index in [1.54, 1.807) is 17.2 Å². The first-order chi connectivity index (χ1) is 13.1. The largest absolute Gasteiger partial charge is 0.368 e. The molecule has 3 heterocycles. The smallest absolute Gasteiger partial charge is 0.313 e. The highest BCUT2D eigenvalue weighted by atomic mass is 35.5. The number of anilines is 2. The van der Waals surface area contributed by atoms with E-state index in [-0.39, 0.29) is 0 Å². The molecular formula is C18H17ClN6O2. The molecule has 2 amide bonds. The predicted molar refractivity (Wildman–Crippen MR) is 103 cm³/mol. The summed E-state index contributed by atoms with van der Waals surface area (Å²) in [6, 6.07) is 9.30. The first kappa shape index (κ1) is 17.3. The number of halogens is 1. The minimum absolute atomic E-state index is 0.460. The maximum atomic E-state index is 12.4. The van der Waals surface area contributed by atoms with Crippen LogP contribution >= 0.6 is 11.6 Å². The highest BCUT2D eigenvalue weighted by Crippen LogP contribution is 2.20. The zero-order chi connectivity index (χ0) is 18.8. The van der Waals surface area contributed by atoms with Gasteiger partial charge in [-0.1, -0.05) is 11.6 Å². The summed E-state index contributed by atoms with van der Waals surface area (Å²) in [4.78, 5) is 32.6. The van der Waals surface area contributed by atoms with E-state index in [9.17, 15) is 9.59 Å². The van der Waals surface area contributed by atoms with Crippen molar-refractivity contribution in [2.75, 3.05) is 36.4 Å². The van der Waals surface area contributed by atoms with E-state index in [2.05, 4.69) is 25.4 Å². The maximum absolute atomic E-state index is 12.4. The van der Waals surface area contributed by atoms with Gasteiger partial charge < -0.3 is 15.1 Å². The second-order valence-electron chi connectivity index (χ2n) is 6.24. The summed E-state index contributed by atoms with van der Waals surface area (Å²) in [6.45, 7) is 2.27. The Morgan fingerprint density at radius 1 is 1.07 bits per heavy atom. The monoisotopic (exact) mass is 384 g/mol. The molecule has 3 aromatic rings. The fourth-order valence-corrected chi connectivity index (χ4v) is 3.18. The predicted octanol–water partition coefficient (Wildman–Crippen LogP) is 1.90. The zero-order valence-corrected chi connectivity index (χ0v) is 15.1. The lowest BCUT2D eigenvalue weighted by atomic mass is 10.2. The maximum Gasteiger partial charge on any atom is 0.313 e. The normalized spacial score (nSPS) is 14.4. The molecule has 0 unspecified atom stereocenters. The molecule has 27 heavy (non-hydrogen) atoms. The van der Waals surface area contributed by atoms with Gasteiger partial charge in [0.05, 0.1) is 18.1 Å². The van der Waals surface area contributed by atoms with Crippen molar-refractivity contribution in [2.24, 2.45) is 0 Å². The van der Waals surface area contributed by atoms with Crippen LogP contribution in [0.1, 0.15) is 0 Å². The fourth-order valence-electron chi connectivity index (χ4n) is 3.05. The highest BCUT2D eigenvalue weighted by molar-refractivity contribution is 6.39. The Morgan fingerprint density at radius 3 is 2.56 bits per heavy atom. The van der Waals surface area contributed by atoms with Crippen molar-refractivity contribution in [3.8, 4) is 0 Å². The average molecular weight is 385 g/mol. The number of hydrogen-bond acceptors (Lipinski definition) is 5. The molecule has 0 bridgehead atoms. The van der Waals surface area contributed by atoms with Gasteiger partial charge in [0, 0.05) is 42.3 Å². The summed E-state index contributed by atoms with van der Waals surface area (Å²) >= 11 is 5.92. The van der Waals surface area contributed by atoms with Crippen molar-refractivity contribution in [2.45, 2.75) is 0 Å². The summed E-state index contributed by atoms with van der Waals surface area (Å²) in [5.41, 5.74) is 2.13. The van der Waals surface area contributed by atoms with Crippen LogP contribution in [0.5, 0.6) is 0 Å². The lowest BCUT2D eigenvalue weighted by molar-refractivity contribution is -0.143. The number of hydrogen-bond donors (Lipinski definition) is 2. The van der Waals surface area contributed by atoms with E-state index in [1.807, 2.05) is 24.3 Å². The second-order valence-corrected chi connectivity index (χ2v) is 6.68. The number of piperazine rings is 1. The average Bonchev–Trinajstić information content (AvgIpc) is 3.16. The van der Waals surface area contributed by atoms with Crippen molar-refractivity contribution >= 4 is 45.8 Å². The van der Waals surface area contributed by atoms with Gasteiger partial charge >= 0.3 is 11.8 Å². The molecule has 1 fully saturated rings. The van der Waals surface area contributed by atoms with Crippen LogP contribution in [-0.2, 0) is 9.59 Å². The Hall–Kier alpha value is -3.13. The minimum Gasteiger partial charge on any atom is -0.368 e. The molecule has 0 saturated carbocycles. The van der Waals surface area contributed by atoms with Gasteiger partial charge in [-0.3, -0.25) is 14.7 Å². The summed E-state index contributed by atoms with van der Waals surface area (Å²) < 4.78 is 0. The zero-order valence-electron chi connectivity index (χ0n) is 14.4. The quantitative estimate of drug-likeness (QED) is 0.658. The van der Waals surface area contributed by atoms with Crippen LogP contribution < -0.4 is 10.2 Å². The number of carbonyl (C=O) groups excluding carboxylic acids is 2. The molecule has 0 atom stereocenters. The molecule has 0 spiro atoms. The van der Waals surface area contributed by atoms with Crippen LogP contribution in [0.4, 0.5) is 11.4 Å². The van der Waals surface area contributed by atoms with Crippen molar-refractivity contribution in [3.63, 3.8) is 0 Å². The van der Waals surface area contributed by atoms with Gasteiger partial charge in [0.2, 0.25) is 0 Å². The number of nitrogens with zero attached hydrogens (tertiary/aromatic N) is 4. The van der Waals surface area contributed by atoms with Gasteiger partial charge in [-0.25, -0.2) is 4.98 Å². The van der Waals surface area contributed by atoms with Crippen molar-refractivity contribution < 1.29 is 9.59 Å². The van der Waals surface area contributed by atoms with Gasteiger partial charge in [0.25, 0.3) is 0 Å². The molecule has 138 valence electrons. The number of fused-ring (bicyclic) bond motifs is 1. The number of benzene rings is 1. The third-order valence-corrected chi connectivity index (χ3v) is 4.75. The molecule has 2 aromatic heterocycles. The van der Waals surface area contributed by atoms with E-state index in [0.717, 1.165) is 11.1 Å². The van der Waals surface area contributed by atoms with Gasteiger partial charge in [-0.15, -0.1) is 0 Å². The molecule has 1 aromatic carbocycles. The number of aromatic amines is 1. The summed E-state index contributed by atoms with van der Waals surface area (Å²) in [5, 5.41) is 10.7. The SMILES string of the molecule is O=C(Nc1cnc2[nH]ncc2c1)C(=O)N1CCN(c2ccc(Cl)cc2)CC1. The van der Waals surface area contributed by atoms with Crippen LogP contribution in [-0.4, -0.2) is 58.1 Å². The van der Waals surface area contributed by atoms with Gasteiger partial charge in [0.1, 0.15) is 0 Å². The van der Waals surface area contributed by atoms with Gasteiger partial charge in [-0.2, -0.15) is 5.10 Å².